The molecule has 2 aromatic carbocycles. The van der Waals surface area contributed by atoms with Crippen molar-refractivity contribution in [2.24, 2.45) is 0 Å². The van der Waals surface area contributed by atoms with Gasteiger partial charge in [-0.15, -0.1) is 12.4 Å². The third-order valence-electron chi connectivity index (χ3n) is 6.22. The number of hydrazine groups is 1. The summed E-state index contributed by atoms with van der Waals surface area (Å²) in [6.45, 7) is 2.82. The van der Waals surface area contributed by atoms with Gasteiger partial charge in [-0.25, -0.2) is 9.80 Å². The maximum absolute atomic E-state index is 13.5. The number of amides is 2. The number of aromatic nitrogens is 2. The second kappa shape index (κ2) is 11.8. The molecule has 1 saturated heterocycles. The predicted octanol–water partition coefficient (Wildman–Crippen LogP) is 1.52. The van der Waals surface area contributed by atoms with Gasteiger partial charge in [-0.05, 0) is 11.6 Å². The molecular formula is C25H29ClN6O5. The average Bonchev–Trinajstić information content (AvgIpc) is 3.45. The number of nitrogens with one attached hydrogen (secondary N) is 4. The Kier molecular flexibility index (Phi) is 8.54. The van der Waals surface area contributed by atoms with Gasteiger partial charge in [0.05, 0.1) is 48.4 Å². The summed E-state index contributed by atoms with van der Waals surface area (Å²) >= 11 is 0. The van der Waals surface area contributed by atoms with Gasteiger partial charge >= 0.3 is 6.03 Å². The van der Waals surface area contributed by atoms with Crippen LogP contribution in [0.1, 0.15) is 21.5 Å². The van der Waals surface area contributed by atoms with Crippen LogP contribution >= 0.6 is 12.4 Å². The van der Waals surface area contributed by atoms with E-state index in [1.807, 2.05) is 30.3 Å². The van der Waals surface area contributed by atoms with Crippen LogP contribution in [0.2, 0.25) is 0 Å². The Morgan fingerprint density at radius 2 is 1.89 bits per heavy atom. The van der Waals surface area contributed by atoms with E-state index in [-0.39, 0.29) is 24.8 Å². The lowest BCUT2D eigenvalue weighted by Gasteiger charge is -2.27. The van der Waals surface area contributed by atoms with Crippen LogP contribution in [0, 0.1) is 0 Å². The molecule has 0 bridgehead atoms. The van der Waals surface area contributed by atoms with Crippen LogP contribution in [-0.4, -0.2) is 82.8 Å². The lowest BCUT2D eigenvalue weighted by molar-refractivity contribution is 0.0207. The van der Waals surface area contributed by atoms with Crippen LogP contribution in [0.15, 0.2) is 42.5 Å². The zero-order chi connectivity index (χ0) is 25.1. The highest BCUT2D eigenvalue weighted by molar-refractivity contribution is 6.26. The quantitative estimate of drug-likeness (QED) is 0.201. The van der Waals surface area contributed by atoms with E-state index in [0.29, 0.717) is 73.2 Å². The Labute approximate surface area is 219 Å². The number of morpholine rings is 1. The fourth-order valence-electron chi connectivity index (χ4n) is 4.40. The van der Waals surface area contributed by atoms with Gasteiger partial charge in [-0.1, -0.05) is 36.4 Å². The number of urea groups is 1. The Bertz CT molecular complexity index is 1260. The number of ether oxygens (including phenoxy) is 1. The second-order valence-electron chi connectivity index (χ2n) is 8.71. The van der Waals surface area contributed by atoms with E-state index < -0.39 is 12.1 Å². The molecule has 1 unspecified atom stereocenters. The summed E-state index contributed by atoms with van der Waals surface area (Å²) in [6, 6.07) is 12.5. The third kappa shape index (κ3) is 5.67. The van der Waals surface area contributed by atoms with E-state index in [2.05, 4.69) is 26.3 Å². The van der Waals surface area contributed by atoms with Crippen molar-refractivity contribution in [3.05, 3.63) is 59.2 Å². The largest absolute Gasteiger partial charge is 0.394 e. The molecule has 0 saturated carbocycles. The lowest BCUT2D eigenvalue weighted by Crippen LogP contribution is -2.49. The zero-order valence-corrected chi connectivity index (χ0v) is 20.8. The molecule has 1 aliphatic heterocycles. The number of aromatic amines is 1. The van der Waals surface area contributed by atoms with Crippen molar-refractivity contribution in [3.8, 4) is 22.5 Å². The number of ketones is 1. The number of halogens is 1. The van der Waals surface area contributed by atoms with Crippen molar-refractivity contribution in [2.45, 2.75) is 12.6 Å². The molecule has 1 fully saturated rings. The van der Waals surface area contributed by atoms with Crippen LogP contribution in [0.25, 0.3) is 22.5 Å². The van der Waals surface area contributed by atoms with E-state index in [4.69, 9.17) is 9.84 Å². The minimum Gasteiger partial charge on any atom is -0.394 e. The molecule has 1 atom stereocenters. The zero-order valence-electron chi connectivity index (χ0n) is 20.0. The molecule has 37 heavy (non-hydrogen) atoms. The van der Waals surface area contributed by atoms with E-state index in [1.54, 1.807) is 17.1 Å². The molecule has 196 valence electrons. The van der Waals surface area contributed by atoms with Gasteiger partial charge in [0.25, 0.3) is 0 Å². The minimum absolute atomic E-state index is 0. The Hall–Kier alpha value is -3.32. The van der Waals surface area contributed by atoms with Crippen molar-refractivity contribution < 1.29 is 24.5 Å². The van der Waals surface area contributed by atoms with Gasteiger partial charge < -0.3 is 25.6 Å². The first kappa shape index (κ1) is 26.7. The molecule has 2 aliphatic rings. The number of hydrogen-bond donors (Lipinski definition) is 6. The van der Waals surface area contributed by atoms with Gasteiger partial charge in [-0.2, -0.15) is 5.10 Å². The molecule has 3 aromatic rings. The minimum atomic E-state index is -0.798. The van der Waals surface area contributed by atoms with E-state index in [1.165, 1.54) is 0 Å². The smallest absolute Gasteiger partial charge is 0.333 e. The fourth-order valence-corrected chi connectivity index (χ4v) is 4.40. The second-order valence-corrected chi connectivity index (χ2v) is 8.71. The van der Waals surface area contributed by atoms with Crippen LogP contribution < -0.4 is 16.1 Å². The number of H-pyrrole nitrogens is 1. The molecule has 0 spiro atoms. The summed E-state index contributed by atoms with van der Waals surface area (Å²) in [5.74, 6) is -0.199. The molecule has 5 rings (SSSR count). The number of hydrogen-bond acceptors (Lipinski definition) is 8. The number of rotatable bonds is 8. The lowest BCUT2D eigenvalue weighted by atomic mass is 10.0. The molecule has 12 heteroatoms. The first-order valence-corrected chi connectivity index (χ1v) is 11.8. The molecule has 1 aliphatic carbocycles. The number of carbonyl (C=O) groups is 2. The van der Waals surface area contributed by atoms with Crippen molar-refractivity contribution in [1.82, 2.24) is 25.9 Å². The van der Waals surface area contributed by atoms with Crippen molar-refractivity contribution in [1.29, 1.82) is 0 Å². The summed E-state index contributed by atoms with van der Waals surface area (Å²) < 4.78 is 5.30. The van der Waals surface area contributed by atoms with Gasteiger partial charge in [0.1, 0.15) is 5.69 Å². The number of fused-ring (bicyclic) bond motifs is 3. The highest BCUT2D eigenvalue weighted by Gasteiger charge is 2.35. The molecule has 2 amide bonds. The van der Waals surface area contributed by atoms with E-state index >= 15 is 0 Å². The van der Waals surface area contributed by atoms with Gasteiger partial charge in [-0.3, -0.25) is 15.3 Å². The first-order valence-electron chi connectivity index (χ1n) is 11.8. The predicted molar refractivity (Wildman–Crippen MR) is 139 cm³/mol. The van der Waals surface area contributed by atoms with Gasteiger partial charge in [0.2, 0.25) is 0 Å². The topological polar surface area (TPSA) is 152 Å². The molecule has 2 heterocycles. The number of anilines is 1. The summed E-state index contributed by atoms with van der Waals surface area (Å²) in [7, 11) is 0. The standard InChI is InChI=1S/C25H28N6O5.ClH/c32-14-17(33)13-26-12-15-4-6-16(7-5-15)22-21-23(29-28-22)18-2-1-3-19(20(18)24(21)34)27-25(35)30-31-8-10-36-11-9-31;/h1-7,17,26,32-33H,8-14H2,(H,28,29)(H2,27,30,35);1H. The summed E-state index contributed by atoms with van der Waals surface area (Å²) in [5.41, 5.74) is 7.79. The number of carbonyl (C=O) groups excluding carboxylic acids is 2. The summed E-state index contributed by atoms with van der Waals surface area (Å²) in [5, 5.41) is 33.4. The Morgan fingerprint density at radius 3 is 2.62 bits per heavy atom. The highest BCUT2D eigenvalue weighted by Crippen LogP contribution is 2.42. The van der Waals surface area contributed by atoms with E-state index in [0.717, 1.165) is 11.1 Å². The maximum atomic E-state index is 13.5. The van der Waals surface area contributed by atoms with Gasteiger partial charge in [0.15, 0.2) is 5.78 Å². The summed E-state index contributed by atoms with van der Waals surface area (Å²) in [4.78, 5) is 26.1. The SMILES string of the molecule is Cl.O=C(Nc1cccc2c1C(=O)c1c(-c3ccc(CNCC(O)CO)cc3)n[nH]c1-2)NN1CCOCC1. The molecule has 11 nitrogen and oxygen atoms in total. The van der Waals surface area contributed by atoms with Crippen LogP contribution in [0.3, 0.4) is 0 Å². The fraction of sp³-hybridized carbons (Fsp3) is 0.320. The molecule has 1 aromatic heterocycles. The number of aliphatic hydroxyl groups is 2. The molecular weight excluding hydrogens is 500 g/mol. The van der Waals surface area contributed by atoms with Crippen molar-refractivity contribution in [2.75, 3.05) is 44.8 Å². The van der Waals surface area contributed by atoms with Crippen LogP contribution in [-0.2, 0) is 11.3 Å². The van der Waals surface area contributed by atoms with Crippen LogP contribution in [0.5, 0.6) is 0 Å². The van der Waals surface area contributed by atoms with Gasteiger partial charge in [0, 0.05) is 37.3 Å². The number of nitrogens with zero attached hydrogens (tertiary/aromatic N) is 2. The van der Waals surface area contributed by atoms with E-state index in [9.17, 15) is 14.7 Å². The van der Waals surface area contributed by atoms with Crippen molar-refractivity contribution in [3.63, 3.8) is 0 Å². The molecule has 0 radical (unpaired) electrons. The Morgan fingerprint density at radius 1 is 1.14 bits per heavy atom. The summed E-state index contributed by atoms with van der Waals surface area (Å²) in [6.07, 6.45) is -0.798. The average molecular weight is 529 g/mol. The Balaban J connectivity index is 0.00000320. The van der Waals surface area contributed by atoms with Crippen LogP contribution in [0.4, 0.5) is 10.5 Å². The highest BCUT2D eigenvalue weighted by atomic mass is 35.5. The number of aliphatic hydroxyl groups excluding tert-OH is 2. The third-order valence-corrected chi connectivity index (χ3v) is 6.22. The first-order chi connectivity index (χ1) is 17.5. The maximum Gasteiger partial charge on any atom is 0.333 e. The number of benzene rings is 2. The normalized spacial score (nSPS) is 15.5. The molecule has 6 N–H and O–H groups in total. The van der Waals surface area contributed by atoms with Crippen molar-refractivity contribution >= 4 is 29.9 Å². The monoisotopic (exact) mass is 528 g/mol.